The summed E-state index contributed by atoms with van der Waals surface area (Å²) in [6.07, 6.45) is 4.34. The van der Waals surface area contributed by atoms with E-state index in [1.807, 2.05) is 53.6 Å². The van der Waals surface area contributed by atoms with E-state index in [2.05, 4.69) is 39.6 Å². The fourth-order valence-corrected chi connectivity index (χ4v) is 5.49. The number of hydrogen-bond donors (Lipinski definition) is 2. The van der Waals surface area contributed by atoms with Gasteiger partial charge in [0.2, 0.25) is 11.8 Å². The van der Waals surface area contributed by atoms with Gasteiger partial charge in [-0.15, -0.1) is 11.3 Å². The first-order valence-electron chi connectivity index (χ1n) is 12.7. The number of aromatic nitrogens is 2. The molecule has 2 aromatic carbocycles. The third-order valence-electron chi connectivity index (χ3n) is 6.88. The predicted molar refractivity (Wildman–Crippen MR) is 154 cm³/mol. The summed E-state index contributed by atoms with van der Waals surface area (Å²) in [6, 6.07) is 16.2. The Balaban J connectivity index is 1.31. The molecule has 1 saturated heterocycles. The summed E-state index contributed by atoms with van der Waals surface area (Å²) in [6.45, 7) is 7.75. The Morgan fingerprint density at radius 2 is 1.89 bits per heavy atom. The second-order valence-electron chi connectivity index (χ2n) is 9.68. The van der Waals surface area contributed by atoms with Gasteiger partial charge < -0.3 is 16.1 Å². The molecule has 1 fully saturated rings. The molecule has 1 aliphatic rings. The van der Waals surface area contributed by atoms with Crippen LogP contribution in [0.25, 0.3) is 23.1 Å². The SMILES string of the molecule is CC(=O)N1CCN(Cc2cccc(/C=C/c3nn(N)c4cc(C)c(NC(=O)Cc5cccs5)cc34)c2)CC1. The van der Waals surface area contributed by atoms with Crippen LogP contribution < -0.4 is 11.2 Å². The van der Waals surface area contributed by atoms with Crippen LogP contribution in [0.5, 0.6) is 0 Å². The van der Waals surface area contributed by atoms with Crippen LogP contribution in [0.3, 0.4) is 0 Å². The number of thiophene rings is 1. The van der Waals surface area contributed by atoms with Gasteiger partial charge in [-0.2, -0.15) is 9.89 Å². The van der Waals surface area contributed by atoms with Crippen molar-refractivity contribution in [3.63, 3.8) is 0 Å². The third kappa shape index (κ3) is 5.95. The molecule has 1 aliphatic heterocycles. The minimum atomic E-state index is -0.0494. The molecular formula is C29H32N6O2S. The first-order chi connectivity index (χ1) is 18.4. The van der Waals surface area contributed by atoms with E-state index in [4.69, 9.17) is 5.84 Å². The number of carbonyl (C=O) groups excluding carboxylic acids is 2. The number of nitrogens with two attached hydrogens (primary N) is 1. The molecule has 0 atom stereocenters. The topological polar surface area (TPSA) is 96.5 Å². The summed E-state index contributed by atoms with van der Waals surface area (Å²) in [5, 5.41) is 10.4. The number of nitrogens with zero attached hydrogens (tertiary/aromatic N) is 4. The zero-order valence-corrected chi connectivity index (χ0v) is 22.5. The van der Waals surface area contributed by atoms with Gasteiger partial charge in [0, 0.05) is 55.6 Å². The fourth-order valence-electron chi connectivity index (χ4n) is 4.78. The lowest BCUT2D eigenvalue weighted by Gasteiger charge is -2.34. The van der Waals surface area contributed by atoms with Crippen LogP contribution in [-0.2, 0) is 22.6 Å². The molecule has 0 unspecified atom stereocenters. The van der Waals surface area contributed by atoms with Crippen molar-refractivity contribution >= 4 is 51.9 Å². The van der Waals surface area contributed by atoms with Gasteiger partial charge >= 0.3 is 0 Å². The van der Waals surface area contributed by atoms with Crippen LogP contribution in [0.1, 0.15) is 34.2 Å². The van der Waals surface area contributed by atoms with Crippen molar-refractivity contribution in [3.05, 3.63) is 81.2 Å². The molecular weight excluding hydrogens is 496 g/mol. The molecule has 3 heterocycles. The number of rotatable bonds is 7. The number of amides is 2. The number of nitrogens with one attached hydrogen (secondary N) is 1. The molecule has 0 bridgehead atoms. The van der Waals surface area contributed by atoms with Crippen molar-refractivity contribution in [1.82, 2.24) is 19.7 Å². The Kier molecular flexibility index (Phi) is 7.57. The van der Waals surface area contributed by atoms with Crippen LogP contribution in [0.15, 0.2) is 53.9 Å². The fraction of sp³-hybridized carbons (Fsp3) is 0.276. The maximum absolute atomic E-state index is 12.6. The van der Waals surface area contributed by atoms with Gasteiger partial charge in [0.05, 0.1) is 17.6 Å². The summed E-state index contributed by atoms with van der Waals surface area (Å²) in [5.41, 5.74) is 5.52. The zero-order valence-electron chi connectivity index (χ0n) is 21.7. The van der Waals surface area contributed by atoms with Crippen molar-refractivity contribution in [1.29, 1.82) is 0 Å². The monoisotopic (exact) mass is 528 g/mol. The average molecular weight is 529 g/mol. The molecule has 0 aliphatic carbocycles. The summed E-state index contributed by atoms with van der Waals surface area (Å²) in [7, 11) is 0. The van der Waals surface area contributed by atoms with Crippen LogP contribution in [0.2, 0.25) is 0 Å². The predicted octanol–water partition coefficient (Wildman–Crippen LogP) is 4.14. The molecule has 0 spiro atoms. The maximum Gasteiger partial charge on any atom is 0.229 e. The number of anilines is 1. The maximum atomic E-state index is 12.6. The van der Waals surface area contributed by atoms with Crippen LogP contribution in [0, 0.1) is 6.92 Å². The van der Waals surface area contributed by atoms with E-state index >= 15 is 0 Å². The number of piperazine rings is 1. The number of hydrogen-bond acceptors (Lipinski definition) is 6. The smallest absolute Gasteiger partial charge is 0.229 e. The highest BCUT2D eigenvalue weighted by atomic mass is 32.1. The molecule has 4 aromatic rings. The van der Waals surface area contributed by atoms with Gasteiger partial charge in [-0.1, -0.05) is 36.4 Å². The van der Waals surface area contributed by atoms with E-state index < -0.39 is 0 Å². The summed E-state index contributed by atoms with van der Waals surface area (Å²) >= 11 is 1.57. The number of carbonyl (C=O) groups is 2. The summed E-state index contributed by atoms with van der Waals surface area (Å²) in [5.74, 6) is 6.27. The molecule has 0 radical (unpaired) electrons. The van der Waals surface area contributed by atoms with E-state index in [0.29, 0.717) is 6.42 Å². The first kappa shape index (κ1) is 25.7. The molecule has 9 heteroatoms. The van der Waals surface area contributed by atoms with E-state index in [1.54, 1.807) is 18.3 Å². The quantitative estimate of drug-likeness (QED) is 0.352. The molecule has 38 heavy (non-hydrogen) atoms. The Morgan fingerprint density at radius 3 is 2.63 bits per heavy atom. The summed E-state index contributed by atoms with van der Waals surface area (Å²) < 4.78 is 0. The van der Waals surface area contributed by atoms with Gasteiger partial charge in [-0.05, 0) is 53.3 Å². The van der Waals surface area contributed by atoms with E-state index in [9.17, 15) is 9.59 Å². The Bertz CT molecular complexity index is 1480. The van der Waals surface area contributed by atoms with Crippen molar-refractivity contribution in [2.75, 3.05) is 37.3 Å². The van der Waals surface area contributed by atoms with Gasteiger partial charge in [-0.25, -0.2) is 0 Å². The second-order valence-corrected chi connectivity index (χ2v) is 10.7. The van der Waals surface area contributed by atoms with E-state index in [-0.39, 0.29) is 11.8 Å². The lowest BCUT2D eigenvalue weighted by molar-refractivity contribution is -0.130. The highest BCUT2D eigenvalue weighted by Crippen LogP contribution is 2.27. The molecule has 3 N–H and O–H groups in total. The Morgan fingerprint density at radius 1 is 1.08 bits per heavy atom. The zero-order chi connectivity index (χ0) is 26.6. The standard InChI is InChI=1S/C29H32N6O2S/c1-20-15-28-25(18-27(20)31-29(37)17-24-7-4-14-38-24)26(32-35(28)30)9-8-22-5-3-6-23(16-22)19-33-10-12-34(13-11-33)21(2)36/h3-9,14-16,18H,10-13,17,19,30H2,1-2H3,(H,31,37)/b9-8+. The van der Waals surface area contributed by atoms with Crippen molar-refractivity contribution in [2.24, 2.45) is 0 Å². The van der Waals surface area contributed by atoms with Crippen molar-refractivity contribution < 1.29 is 9.59 Å². The molecule has 0 saturated carbocycles. The lowest BCUT2D eigenvalue weighted by atomic mass is 10.1. The van der Waals surface area contributed by atoms with Crippen LogP contribution >= 0.6 is 11.3 Å². The number of aryl methyl sites for hydroxylation is 1. The van der Waals surface area contributed by atoms with Gasteiger partial charge in [0.1, 0.15) is 0 Å². The van der Waals surface area contributed by atoms with E-state index in [0.717, 1.165) is 71.0 Å². The van der Waals surface area contributed by atoms with Gasteiger partial charge in [0.25, 0.3) is 0 Å². The largest absolute Gasteiger partial charge is 0.340 e. The number of nitrogen functional groups attached to an aromatic ring is 1. The highest BCUT2D eigenvalue weighted by Gasteiger charge is 2.18. The Labute approximate surface area is 226 Å². The van der Waals surface area contributed by atoms with Crippen LogP contribution in [0.4, 0.5) is 5.69 Å². The van der Waals surface area contributed by atoms with Gasteiger partial charge in [-0.3, -0.25) is 14.5 Å². The number of fused-ring (bicyclic) bond motifs is 1. The van der Waals surface area contributed by atoms with Gasteiger partial charge in [0.15, 0.2) is 0 Å². The highest BCUT2D eigenvalue weighted by molar-refractivity contribution is 7.10. The average Bonchev–Trinajstić information content (AvgIpc) is 3.51. The molecule has 2 aromatic heterocycles. The van der Waals surface area contributed by atoms with Crippen molar-refractivity contribution in [3.8, 4) is 0 Å². The van der Waals surface area contributed by atoms with Crippen molar-refractivity contribution in [2.45, 2.75) is 26.8 Å². The molecule has 5 rings (SSSR count). The Hall–Kier alpha value is -3.95. The minimum Gasteiger partial charge on any atom is -0.340 e. The molecule has 8 nitrogen and oxygen atoms in total. The molecule has 196 valence electrons. The summed E-state index contributed by atoms with van der Waals surface area (Å²) in [4.78, 5) is 30.9. The minimum absolute atomic E-state index is 0.0494. The normalized spacial score (nSPS) is 14.4. The van der Waals surface area contributed by atoms with Crippen LogP contribution in [-0.4, -0.2) is 57.7 Å². The lowest BCUT2D eigenvalue weighted by Crippen LogP contribution is -2.47. The first-order valence-corrected chi connectivity index (χ1v) is 13.6. The van der Waals surface area contributed by atoms with E-state index in [1.165, 1.54) is 10.4 Å². The molecule has 2 amide bonds. The second kappa shape index (κ2) is 11.2. The number of benzene rings is 2. The third-order valence-corrected chi connectivity index (χ3v) is 7.75.